The van der Waals surface area contributed by atoms with Crippen LogP contribution < -0.4 is 10.1 Å². The topological polar surface area (TPSA) is 77.2 Å². The molecule has 1 N–H and O–H groups in total. The van der Waals surface area contributed by atoms with Crippen LogP contribution in [-0.4, -0.2) is 16.0 Å². The highest BCUT2D eigenvalue weighted by atomic mass is 19.4. The first kappa shape index (κ1) is 18.4. The maximum atomic E-state index is 12.6. The zero-order valence-electron chi connectivity index (χ0n) is 14.1. The molecule has 0 bridgehead atoms. The molecular weight excluding hydrogens is 363 g/mol. The fraction of sp³-hybridized carbons (Fsp3) is 0.167. The Bertz CT molecular complexity index is 937. The van der Waals surface area contributed by atoms with Crippen molar-refractivity contribution < 1.29 is 27.2 Å². The number of nitrogens with one attached hydrogen (secondary N) is 1. The second kappa shape index (κ2) is 7.48. The van der Waals surface area contributed by atoms with E-state index in [9.17, 15) is 18.0 Å². The maximum absolute atomic E-state index is 12.6. The predicted octanol–water partition coefficient (Wildman–Crippen LogP) is 4.29. The van der Waals surface area contributed by atoms with Gasteiger partial charge in [0, 0.05) is 12.5 Å². The van der Waals surface area contributed by atoms with Crippen molar-refractivity contribution in [1.82, 2.24) is 10.1 Å². The van der Waals surface area contributed by atoms with Crippen molar-refractivity contribution in [2.24, 2.45) is 0 Å². The predicted molar refractivity (Wildman–Crippen MR) is 89.8 cm³/mol. The van der Waals surface area contributed by atoms with Gasteiger partial charge in [-0.3, -0.25) is 4.79 Å². The number of benzene rings is 2. The molecule has 0 fully saturated rings. The van der Waals surface area contributed by atoms with E-state index in [0.29, 0.717) is 17.0 Å². The zero-order chi connectivity index (χ0) is 19.4. The summed E-state index contributed by atoms with van der Waals surface area (Å²) in [5.41, 5.74) is 0.122. The molecule has 1 amide bonds. The average Bonchev–Trinajstić information content (AvgIpc) is 3.09. The summed E-state index contributed by atoms with van der Waals surface area (Å²) in [7, 11) is 0. The number of nitrogens with zero attached hydrogens (tertiary/aromatic N) is 2. The highest BCUT2D eigenvalue weighted by Crippen LogP contribution is 2.30. The third-order valence-electron chi connectivity index (χ3n) is 3.49. The van der Waals surface area contributed by atoms with Gasteiger partial charge < -0.3 is 14.6 Å². The number of carbonyl (C=O) groups excluding carboxylic acids is 1. The lowest BCUT2D eigenvalue weighted by atomic mass is 10.1. The molecule has 1 heterocycles. The Kier molecular flexibility index (Phi) is 5.11. The van der Waals surface area contributed by atoms with Crippen LogP contribution in [0.1, 0.15) is 18.4 Å². The van der Waals surface area contributed by atoms with Crippen LogP contribution in [0.15, 0.2) is 53.1 Å². The van der Waals surface area contributed by atoms with E-state index in [-0.39, 0.29) is 24.2 Å². The van der Waals surface area contributed by atoms with Crippen LogP contribution in [0.5, 0.6) is 5.75 Å². The van der Waals surface area contributed by atoms with Gasteiger partial charge in [0.05, 0.1) is 11.3 Å². The highest BCUT2D eigenvalue weighted by Gasteiger charge is 2.30. The summed E-state index contributed by atoms with van der Waals surface area (Å²) in [6.07, 6.45) is -4.41. The molecule has 0 radical (unpaired) electrons. The van der Waals surface area contributed by atoms with Gasteiger partial charge >= 0.3 is 6.18 Å². The Hall–Kier alpha value is -3.36. The van der Waals surface area contributed by atoms with E-state index >= 15 is 0 Å². The minimum absolute atomic E-state index is 0.0652. The molecule has 0 aliphatic rings. The summed E-state index contributed by atoms with van der Waals surface area (Å²) < 4.78 is 48.5. The first-order valence-electron chi connectivity index (χ1n) is 7.82. The maximum Gasteiger partial charge on any atom is 0.416 e. The number of halogens is 3. The number of para-hydroxylation sites is 2. The molecule has 0 unspecified atom stereocenters. The number of hydrogen-bond acceptors (Lipinski definition) is 5. The summed E-state index contributed by atoms with van der Waals surface area (Å²) in [4.78, 5) is 15.3. The number of ether oxygens (including phenoxy) is 1. The summed E-state index contributed by atoms with van der Waals surface area (Å²) in [6.45, 7) is 1.31. The van der Waals surface area contributed by atoms with E-state index in [1.807, 2.05) is 0 Å². The van der Waals surface area contributed by atoms with Crippen molar-refractivity contribution in [2.45, 2.75) is 19.7 Å². The number of carbonyl (C=O) groups is 1. The van der Waals surface area contributed by atoms with E-state index in [4.69, 9.17) is 9.26 Å². The molecule has 0 saturated heterocycles. The monoisotopic (exact) mass is 377 g/mol. The molecule has 0 saturated carbocycles. The van der Waals surface area contributed by atoms with Crippen LogP contribution in [0, 0.1) is 0 Å². The first-order chi connectivity index (χ1) is 12.8. The number of aromatic nitrogens is 2. The molecule has 140 valence electrons. The van der Waals surface area contributed by atoms with E-state index in [1.54, 1.807) is 24.3 Å². The third-order valence-corrected chi connectivity index (χ3v) is 3.49. The van der Waals surface area contributed by atoms with Gasteiger partial charge in [-0.25, -0.2) is 0 Å². The van der Waals surface area contributed by atoms with Gasteiger partial charge in [-0.1, -0.05) is 29.4 Å². The molecule has 3 rings (SSSR count). The van der Waals surface area contributed by atoms with Crippen molar-refractivity contribution in [3.63, 3.8) is 0 Å². The Morgan fingerprint density at radius 1 is 1.15 bits per heavy atom. The van der Waals surface area contributed by atoms with Crippen LogP contribution in [0.2, 0.25) is 0 Å². The minimum atomic E-state index is -4.41. The number of hydrogen-bond donors (Lipinski definition) is 1. The lowest BCUT2D eigenvalue weighted by Crippen LogP contribution is -2.07. The van der Waals surface area contributed by atoms with Crippen molar-refractivity contribution >= 4 is 11.6 Å². The Labute approximate surface area is 152 Å². The van der Waals surface area contributed by atoms with Crippen LogP contribution in [-0.2, 0) is 17.6 Å². The second-order valence-corrected chi connectivity index (χ2v) is 5.55. The first-order valence-corrected chi connectivity index (χ1v) is 7.82. The van der Waals surface area contributed by atoms with Crippen molar-refractivity contribution in [3.05, 3.63) is 60.0 Å². The molecule has 0 spiro atoms. The van der Waals surface area contributed by atoms with Crippen molar-refractivity contribution in [1.29, 1.82) is 0 Å². The molecule has 9 heteroatoms. The summed E-state index contributed by atoms with van der Waals surface area (Å²) in [5.74, 6) is 0.468. The number of rotatable bonds is 5. The molecule has 0 aliphatic heterocycles. The van der Waals surface area contributed by atoms with E-state index in [2.05, 4.69) is 15.5 Å². The van der Waals surface area contributed by atoms with Crippen LogP contribution in [0.3, 0.4) is 0 Å². The van der Waals surface area contributed by atoms with Gasteiger partial charge in [0.1, 0.15) is 5.75 Å². The van der Waals surface area contributed by atoms with Crippen molar-refractivity contribution in [2.75, 3.05) is 5.32 Å². The van der Waals surface area contributed by atoms with Gasteiger partial charge in [-0.05, 0) is 24.3 Å². The highest BCUT2D eigenvalue weighted by molar-refractivity contribution is 5.90. The summed E-state index contributed by atoms with van der Waals surface area (Å²) >= 11 is 0. The quantitative estimate of drug-likeness (QED) is 0.718. The summed E-state index contributed by atoms with van der Waals surface area (Å²) in [5, 5.41) is 6.38. The largest absolute Gasteiger partial charge is 0.482 e. The average molecular weight is 377 g/mol. The van der Waals surface area contributed by atoms with Gasteiger partial charge in [0.15, 0.2) is 6.61 Å². The molecule has 6 nitrogen and oxygen atoms in total. The summed E-state index contributed by atoms with van der Waals surface area (Å²) in [6, 6.07) is 11.3. The molecule has 3 aromatic rings. The number of amides is 1. The Balaban J connectivity index is 1.69. The van der Waals surface area contributed by atoms with Crippen molar-refractivity contribution in [3.8, 4) is 17.1 Å². The van der Waals surface area contributed by atoms with E-state index in [1.165, 1.54) is 19.1 Å². The zero-order valence-corrected chi connectivity index (χ0v) is 14.1. The molecule has 2 aromatic carbocycles. The lowest BCUT2D eigenvalue weighted by molar-refractivity contribution is -0.137. The Morgan fingerprint density at radius 3 is 2.52 bits per heavy atom. The third kappa shape index (κ3) is 4.63. The van der Waals surface area contributed by atoms with Gasteiger partial charge in [-0.15, -0.1) is 0 Å². The van der Waals surface area contributed by atoms with Crippen LogP contribution in [0.25, 0.3) is 11.4 Å². The van der Waals surface area contributed by atoms with Crippen LogP contribution in [0.4, 0.5) is 18.9 Å². The molecule has 0 aliphatic carbocycles. The van der Waals surface area contributed by atoms with Gasteiger partial charge in [0.25, 0.3) is 5.89 Å². The van der Waals surface area contributed by atoms with E-state index < -0.39 is 11.7 Å². The molecule has 0 atom stereocenters. The fourth-order valence-electron chi connectivity index (χ4n) is 2.26. The minimum Gasteiger partial charge on any atom is -0.482 e. The van der Waals surface area contributed by atoms with Crippen LogP contribution >= 0.6 is 0 Å². The smallest absolute Gasteiger partial charge is 0.416 e. The van der Waals surface area contributed by atoms with Gasteiger partial charge in [-0.2, -0.15) is 18.2 Å². The fourth-order valence-corrected chi connectivity index (χ4v) is 2.26. The Morgan fingerprint density at radius 2 is 1.85 bits per heavy atom. The normalized spacial score (nSPS) is 11.3. The lowest BCUT2D eigenvalue weighted by Gasteiger charge is -2.09. The van der Waals surface area contributed by atoms with E-state index in [0.717, 1.165) is 12.1 Å². The second-order valence-electron chi connectivity index (χ2n) is 5.55. The standard InChI is InChI=1S/C18H14F3N3O3/c1-11(25)22-14-4-2-3-5-15(14)26-10-16-23-17(24-27-16)12-6-8-13(9-7-12)18(19,20)21/h2-9H,10H2,1H3,(H,22,25). The molecular formula is C18H14F3N3O3. The molecule has 1 aromatic heterocycles. The number of alkyl halides is 3. The SMILES string of the molecule is CC(=O)Nc1ccccc1OCc1nc(-c2ccc(C(F)(F)F)cc2)no1. The van der Waals surface area contributed by atoms with Gasteiger partial charge in [0.2, 0.25) is 11.7 Å². The molecule has 27 heavy (non-hydrogen) atoms. The number of anilines is 1.